The van der Waals surface area contributed by atoms with Crippen molar-refractivity contribution < 1.29 is 0 Å². The summed E-state index contributed by atoms with van der Waals surface area (Å²) in [4.78, 5) is 3.95. The summed E-state index contributed by atoms with van der Waals surface area (Å²) in [5, 5.41) is 6.46. The van der Waals surface area contributed by atoms with Crippen LogP contribution in [0.3, 0.4) is 0 Å². The van der Waals surface area contributed by atoms with Crippen molar-refractivity contribution in [3.05, 3.63) is 50.7 Å². The van der Waals surface area contributed by atoms with Crippen LogP contribution in [0, 0.1) is 0 Å². The number of hydrogen-bond acceptors (Lipinski definition) is 3. The van der Waals surface area contributed by atoms with E-state index in [1.165, 1.54) is 21.7 Å². The molecule has 0 amide bonds. The minimum Gasteiger partial charge on any atom is -0.365 e. The van der Waals surface area contributed by atoms with Crippen LogP contribution in [0.15, 0.2) is 29.6 Å². The van der Waals surface area contributed by atoms with E-state index in [4.69, 9.17) is 11.6 Å². The summed E-state index contributed by atoms with van der Waals surface area (Å²) < 4.78 is 0. The van der Waals surface area contributed by atoms with Crippen molar-refractivity contribution >= 4 is 28.6 Å². The summed E-state index contributed by atoms with van der Waals surface area (Å²) in [5.41, 5.74) is 3.94. The molecule has 0 atom stereocenters. The number of halogens is 1. The van der Waals surface area contributed by atoms with E-state index in [1.54, 1.807) is 0 Å². The quantitative estimate of drug-likeness (QED) is 0.916. The number of thiophene rings is 1. The Morgan fingerprint density at radius 2 is 2.25 bits per heavy atom. The normalized spacial score (nSPS) is 14.4. The maximum absolute atomic E-state index is 6.48. The Bertz CT molecular complexity index is 594. The molecule has 4 heteroatoms. The highest BCUT2D eigenvalue weighted by atomic mass is 35.5. The second-order valence-electron chi connectivity index (χ2n) is 5.07. The van der Waals surface area contributed by atoms with Crippen LogP contribution in [-0.2, 0) is 19.5 Å². The van der Waals surface area contributed by atoms with Gasteiger partial charge in [0.25, 0.3) is 0 Å². The van der Waals surface area contributed by atoms with Gasteiger partial charge in [-0.3, -0.25) is 0 Å². The molecule has 1 aliphatic heterocycles. The Morgan fingerprint density at radius 3 is 3.10 bits per heavy atom. The predicted octanol–water partition coefficient (Wildman–Crippen LogP) is 4.07. The summed E-state index contributed by atoms with van der Waals surface area (Å²) in [5.74, 6) is 0. The van der Waals surface area contributed by atoms with Crippen LogP contribution in [0.4, 0.5) is 5.69 Å². The smallest absolute Gasteiger partial charge is 0.0643 e. The van der Waals surface area contributed by atoms with Crippen molar-refractivity contribution in [1.29, 1.82) is 0 Å². The predicted molar refractivity (Wildman–Crippen MR) is 87.9 cm³/mol. The Kier molecular flexibility index (Phi) is 4.29. The third kappa shape index (κ3) is 2.71. The summed E-state index contributed by atoms with van der Waals surface area (Å²) in [6.07, 6.45) is 1.12. The van der Waals surface area contributed by atoms with E-state index in [-0.39, 0.29) is 0 Å². The molecule has 1 N–H and O–H groups in total. The van der Waals surface area contributed by atoms with Gasteiger partial charge in [-0.1, -0.05) is 30.7 Å². The van der Waals surface area contributed by atoms with Crippen molar-refractivity contribution in [3.8, 4) is 0 Å². The number of nitrogens with one attached hydrogen (secondary N) is 1. The van der Waals surface area contributed by atoms with Gasteiger partial charge in [0.1, 0.15) is 0 Å². The summed E-state index contributed by atoms with van der Waals surface area (Å²) in [6.45, 7) is 6.00. The van der Waals surface area contributed by atoms with Gasteiger partial charge < -0.3 is 10.2 Å². The van der Waals surface area contributed by atoms with Gasteiger partial charge in [0.15, 0.2) is 0 Å². The van der Waals surface area contributed by atoms with Crippen LogP contribution in [0.5, 0.6) is 0 Å². The highest BCUT2D eigenvalue weighted by Gasteiger charge is 2.21. The molecule has 1 aliphatic rings. The average molecular weight is 307 g/mol. The number of anilines is 1. The average Bonchev–Trinajstić information content (AvgIpc) is 2.92. The highest BCUT2D eigenvalue weighted by Crippen LogP contribution is 2.34. The molecule has 0 saturated heterocycles. The first-order valence-corrected chi connectivity index (χ1v) is 8.33. The fraction of sp³-hybridized carbons (Fsp3) is 0.375. The van der Waals surface area contributed by atoms with Crippen molar-refractivity contribution in [2.75, 3.05) is 18.0 Å². The number of benzene rings is 1. The van der Waals surface area contributed by atoms with Crippen molar-refractivity contribution in [2.24, 2.45) is 0 Å². The lowest BCUT2D eigenvalue weighted by Gasteiger charge is -2.31. The molecular formula is C16H19ClN2S. The molecule has 0 radical (unpaired) electrons. The van der Waals surface area contributed by atoms with Gasteiger partial charge in [-0.15, -0.1) is 11.3 Å². The van der Waals surface area contributed by atoms with Gasteiger partial charge in [-0.05, 0) is 41.6 Å². The standard InChI is InChI=1S/C16H19ClN2S/c1-2-18-10-12-4-3-5-14(17)16(12)19-8-6-15-13(11-19)7-9-20-15/h3-5,7,9,18H,2,6,8,10-11H2,1H3. The van der Waals surface area contributed by atoms with E-state index in [2.05, 4.69) is 34.7 Å². The molecule has 0 unspecified atom stereocenters. The van der Waals surface area contributed by atoms with Crippen LogP contribution in [0.1, 0.15) is 22.9 Å². The molecular weight excluding hydrogens is 288 g/mol. The summed E-state index contributed by atoms with van der Waals surface area (Å²) in [7, 11) is 0. The van der Waals surface area contributed by atoms with E-state index in [0.717, 1.165) is 37.6 Å². The monoisotopic (exact) mass is 306 g/mol. The van der Waals surface area contributed by atoms with Crippen LogP contribution in [0.2, 0.25) is 5.02 Å². The molecule has 2 nitrogen and oxygen atoms in total. The van der Waals surface area contributed by atoms with Gasteiger partial charge in [0.2, 0.25) is 0 Å². The Hall–Kier alpha value is -1.03. The lowest BCUT2D eigenvalue weighted by atomic mass is 10.1. The van der Waals surface area contributed by atoms with E-state index < -0.39 is 0 Å². The molecule has 0 spiro atoms. The second kappa shape index (κ2) is 6.17. The Balaban J connectivity index is 1.90. The van der Waals surface area contributed by atoms with E-state index in [1.807, 2.05) is 23.5 Å². The van der Waals surface area contributed by atoms with Crippen LogP contribution in [-0.4, -0.2) is 13.1 Å². The number of nitrogens with zero attached hydrogens (tertiary/aromatic N) is 1. The highest BCUT2D eigenvalue weighted by molar-refractivity contribution is 7.10. The lowest BCUT2D eigenvalue weighted by molar-refractivity contribution is 0.705. The topological polar surface area (TPSA) is 15.3 Å². The SMILES string of the molecule is CCNCc1cccc(Cl)c1N1CCc2sccc2C1. The zero-order valence-electron chi connectivity index (χ0n) is 11.7. The number of rotatable bonds is 4. The number of para-hydroxylation sites is 1. The molecule has 0 fully saturated rings. The lowest BCUT2D eigenvalue weighted by Crippen LogP contribution is -2.31. The van der Waals surface area contributed by atoms with E-state index in [0.29, 0.717) is 0 Å². The molecule has 0 aliphatic carbocycles. The Labute approximate surface area is 129 Å². The number of hydrogen-bond donors (Lipinski definition) is 1. The van der Waals surface area contributed by atoms with Crippen LogP contribution < -0.4 is 10.2 Å². The van der Waals surface area contributed by atoms with Crippen molar-refractivity contribution in [1.82, 2.24) is 5.32 Å². The zero-order valence-corrected chi connectivity index (χ0v) is 13.2. The third-order valence-electron chi connectivity index (χ3n) is 3.76. The molecule has 1 aromatic carbocycles. The fourth-order valence-electron chi connectivity index (χ4n) is 2.76. The van der Waals surface area contributed by atoms with Gasteiger partial charge in [0, 0.05) is 24.5 Å². The third-order valence-corrected chi connectivity index (χ3v) is 5.09. The minimum absolute atomic E-state index is 0.860. The molecule has 2 heterocycles. The van der Waals surface area contributed by atoms with Crippen molar-refractivity contribution in [3.63, 3.8) is 0 Å². The first-order chi connectivity index (χ1) is 9.79. The van der Waals surface area contributed by atoms with E-state index in [9.17, 15) is 0 Å². The maximum atomic E-state index is 6.48. The summed E-state index contributed by atoms with van der Waals surface area (Å²) >= 11 is 8.35. The van der Waals surface area contributed by atoms with Gasteiger partial charge in [-0.2, -0.15) is 0 Å². The van der Waals surface area contributed by atoms with Crippen LogP contribution >= 0.6 is 22.9 Å². The van der Waals surface area contributed by atoms with Gasteiger partial charge >= 0.3 is 0 Å². The molecule has 106 valence electrons. The molecule has 1 aromatic heterocycles. The zero-order chi connectivity index (χ0) is 13.9. The number of fused-ring (bicyclic) bond motifs is 1. The van der Waals surface area contributed by atoms with Gasteiger partial charge in [0.05, 0.1) is 10.7 Å². The minimum atomic E-state index is 0.860. The second-order valence-corrected chi connectivity index (χ2v) is 6.48. The maximum Gasteiger partial charge on any atom is 0.0643 e. The van der Waals surface area contributed by atoms with Gasteiger partial charge in [-0.25, -0.2) is 0 Å². The summed E-state index contributed by atoms with van der Waals surface area (Å²) in [6, 6.07) is 8.45. The van der Waals surface area contributed by atoms with E-state index >= 15 is 0 Å². The fourth-order valence-corrected chi connectivity index (χ4v) is 3.96. The Morgan fingerprint density at radius 1 is 1.35 bits per heavy atom. The molecule has 20 heavy (non-hydrogen) atoms. The molecule has 3 rings (SSSR count). The van der Waals surface area contributed by atoms with Crippen molar-refractivity contribution in [2.45, 2.75) is 26.4 Å². The van der Waals surface area contributed by atoms with Crippen LogP contribution in [0.25, 0.3) is 0 Å². The first-order valence-electron chi connectivity index (χ1n) is 7.08. The molecule has 0 bridgehead atoms. The molecule has 2 aromatic rings. The molecule has 0 saturated carbocycles. The largest absolute Gasteiger partial charge is 0.365 e. The first kappa shape index (κ1) is 13.9.